The topological polar surface area (TPSA) is 109 Å². The SMILES string of the molecule is CCCCCCCCNC(=O)c1ccc(-c2nc(CN(Cc3ccc(OCC(=O)O)cc3)C(=O)CCc3ccccc3)cs2)cc1. The largest absolute Gasteiger partial charge is 0.482 e. The van der Waals surface area contributed by atoms with Gasteiger partial charge in [-0.05, 0) is 48.2 Å². The third-order valence-corrected chi connectivity index (χ3v) is 8.54. The summed E-state index contributed by atoms with van der Waals surface area (Å²) in [6.45, 7) is 3.21. The lowest BCUT2D eigenvalue weighted by Gasteiger charge is -2.22. The molecule has 0 aliphatic carbocycles. The number of hydrogen-bond acceptors (Lipinski definition) is 6. The number of ether oxygens (including phenoxy) is 1. The van der Waals surface area contributed by atoms with E-state index in [0.29, 0.717) is 43.8 Å². The molecular formula is C37H43N3O5S. The predicted molar refractivity (Wildman–Crippen MR) is 182 cm³/mol. The summed E-state index contributed by atoms with van der Waals surface area (Å²) in [5.41, 5.74) is 4.33. The van der Waals surface area contributed by atoms with E-state index in [1.165, 1.54) is 37.0 Å². The van der Waals surface area contributed by atoms with Gasteiger partial charge in [-0.2, -0.15) is 0 Å². The van der Waals surface area contributed by atoms with Gasteiger partial charge in [0.25, 0.3) is 5.91 Å². The molecular weight excluding hydrogens is 598 g/mol. The Kier molecular flexibility index (Phi) is 13.8. The summed E-state index contributed by atoms with van der Waals surface area (Å²) in [6.07, 6.45) is 8.11. The van der Waals surface area contributed by atoms with Gasteiger partial charge in [-0.15, -0.1) is 11.3 Å². The number of nitrogens with one attached hydrogen (secondary N) is 1. The molecule has 3 aromatic carbocycles. The third kappa shape index (κ3) is 11.5. The third-order valence-electron chi connectivity index (χ3n) is 7.60. The van der Waals surface area contributed by atoms with Gasteiger partial charge < -0.3 is 20.1 Å². The fourth-order valence-electron chi connectivity index (χ4n) is 5.02. The van der Waals surface area contributed by atoms with E-state index >= 15 is 0 Å². The molecule has 2 N–H and O–H groups in total. The standard InChI is InChI=1S/C37H43N3O5S/c1-2-3-4-5-6-10-23-38-36(44)30-16-18-31(19-17-30)37-39-32(27-46-37)25-40(34(41)22-15-28-11-8-7-9-12-28)24-29-13-20-33(21-14-29)45-26-35(42)43/h7-9,11-14,16-21,27H,2-6,10,15,22-26H2,1H3,(H,38,44)(H,42,43). The number of carbonyl (C=O) groups is 3. The molecule has 0 spiro atoms. The molecule has 0 saturated heterocycles. The van der Waals surface area contributed by atoms with E-state index in [-0.39, 0.29) is 11.8 Å². The molecule has 0 atom stereocenters. The summed E-state index contributed by atoms with van der Waals surface area (Å²) < 4.78 is 5.25. The first kappa shape index (κ1) is 34.4. The van der Waals surface area contributed by atoms with Gasteiger partial charge >= 0.3 is 5.97 Å². The van der Waals surface area contributed by atoms with E-state index in [1.54, 1.807) is 17.0 Å². The molecule has 46 heavy (non-hydrogen) atoms. The zero-order valence-corrected chi connectivity index (χ0v) is 27.3. The van der Waals surface area contributed by atoms with Crippen LogP contribution in [0.15, 0.2) is 84.2 Å². The second kappa shape index (κ2) is 18.5. The summed E-state index contributed by atoms with van der Waals surface area (Å²) >= 11 is 1.51. The highest BCUT2D eigenvalue weighted by Gasteiger charge is 2.17. The number of aryl methyl sites for hydroxylation is 1. The van der Waals surface area contributed by atoms with E-state index < -0.39 is 12.6 Å². The van der Waals surface area contributed by atoms with Crippen molar-refractivity contribution >= 4 is 29.1 Å². The highest BCUT2D eigenvalue weighted by atomic mass is 32.1. The summed E-state index contributed by atoms with van der Waals surface area (Å²) in [5.74, 6) is -0.632. The van der Waals surface area contributed by atoms with Crippen LogP contribution in [-0.2, 0) is 29.1 Å². The molecule has 242 valence electrons. The summed E-state index contributed by atoms with van der Waals surface area (Å²) in [5, 5.41) is 14.7. The maximum Gasteiger partial charge on any atom is 0.341 e. The van der Waals surface area contributed by atoms with Crippen LogP contribution in [0.25, 0.3) is 10.6 Å². The number of unbranched alkanes of at least 4 members (excludes halogenated alkanes) is 5. The van der Waals surface area contributed by atoms with E-state index in [4.69, 9.17) is 14.8 Å². The van der Waals surface area contributed by atoms with Crippen LogP contribution in [0.5, 0.6) is 5.75 Å². The molecule has 1 aromatic heterocycles. The lowest BCUT2D eigenvalue weighted by Crippen LogP contribution is -2.30. The molecule has 0 aliphatic rings. The van der Waals surface area contributed by atoms with Gasteiger partial charge in [0.05, 0.1) is 12.2 Å². The van der Waals surface area contributed by atoms with E-state index in [0.717, 1.165) is 40.2 Å². The van der Waals surface area contributed by atoms with E-state index in [1.807, 2.05) is 72.1 Å². The number of thiazole rings is 1. The van der Waals surface area contributed by atoms with Gasteiger partial charge in [0.15, 0.2) is 6.61 Å². The highest BCUT2D eigenvalue weighted by molar-refractivity contribution is 7.13. The minimum Gasteiger partial charge on any atom is -0.482 e. The van der Waals surface area contributed by atoms with Crippen LogP contribution in [0.3, 0.4) is 0 Å². The number of benzene rings is 3. The van der Waals surface area contributed by atoms with E-state index in [9.17, 15) is 14.4 Å². The Balaban J connectivity index is 1.37. The quantitative estimate of drug-likeness (QED) is 0.103. The lowest BCUT2D eigenvalue weighted by atomic mass is 10.1. The smallest absolute Gasteiger partial charge is 0.341 e. The molecule has 9 heteroatoms. The minimum absolute atomic E-state index is 0.0148. The molecule has 4 rings (SSSR count). The highest BCUT2D eigenvalue weighted by Crippen LogP contribution is 2.26. The predicted octanol–water partition coefficient (Wildman–Crippen LogP) is 7.53. The monoisotopic (exact) mass is 641 g/mol. The molecule has 0 bridgehead atoms. The minimum atomic E-state index is -1.04. The van der Waals surface area contributed by atoms with Gasteiger partial charge in [0, 0.05) is 36.0 Å². The molecule has 0 radical (unpaired) electrons. The molecule has 0 unspecified atom stereocenters. The fraction of sp³-hybridized carbons (Fsp3) is 0.351. The molecule has 8 nitrogen and oxygen atoms in total. The molecule has 2 amide bonds. The Morgan fingerprint density at radius 3 is 2.28 bits per heavy atom. The van der Waals surface area contributed by atoms with Crippen LogP contribution in [0.1, 0.15) is 79.0 Å². The van der Waals surface area contributed by atoms with Crippen LogP contribution in [-0.4, -0.2) is 45.9 Å². The number of amides is 2. The van der Waals surface area contributed by atoms with Crippen molar-refractivity contribution in [2.24, 2.45) is 0 Å². The zero-order chi connectivity index (χ0) is 32.6. The average Bonchev–Trinajstić information content (AvgIpc) is 3.55. The number of carboxylic acid groups (broad SMARTS) is 1. The second-order valence-corrected chi connectivity index (χ2v) is 12.2. The Morgan fingerprint density at radius 2 is 1.57 bits per heavy atom. The molecule has 0 saturated carbocycles. The molecule has 0 fully saturated rings. The average molecular weight is 642 g/mol. The van der Waals surface area contributed by atoms with Gasteiger partial charge in [0.2, 0.25) is 5.91 Å². The summed E-state index contributed by atoms with van der Waals surface area (Å²) in [7, 11) is 0. The lowest BCUT2D eigenvalue weighted by molar-refractivity contribution is -0.139. The first-order valence-electron chi connectivity index (χ1n) is 16.0. The number of hydrogen-bond donors (Lipinski definition) is 2. The number of nitrogens with zero attached hydrogens (tertiary/aromatic N) is 2. The Hall–Kier alpha value is -4.50. The first-order valence-corrected chi connectivity index (χ1v) is 16.9. The zero-order valence-electron chi connectivity index (χ0n) is 26.5. The van der Waals surface area contributed by atoms with Gasteiger partial charge in [-0.1, -0.05) is 93.6 Å². The van der Waals surface area contributed by atoms with Crippen LogP contribution in [0.4, 0.5) is 0 Å². The number of carboxylic acids is 1. The van der Waals surface area contributed by atoms with Crippen LogP contribution < -0.4 is 10.1 Å². The number of aromatic nitrogens is 1. The fourth-order valence-corrected chi connectivity index (χ4v) is 5.84. The van der Waals surface area contributed by atoms with Gasteiger partial charge in [-0.25, -0.2) is 9.78 Å². The maximum atomic E-state index is 13.5. The van der Waals surface area contributed by atoms with Crippen LogP contribution in [0, 0.1) is 0 Å². The normalized spacial score (nSPS) is 10.8. The van der Waals surface area contributed by atoms with Crippen molar-refractivity contribution in [2.75, 3.05) is 13.2 Å². The van der Waals surface area contributed by atoms with E-state index in [2.05, 4.69) is 12.2 Å². The first-order chi connectivity index (χ1) is 22.4. The Morgan fingerprint density at radius 1 is 0.848 bits per heavy atom. The molecule has 0 aliphatic heterocycles. The summed E-state index contributed by atoms with van der Waals surface area (Å²) in [6, 6.07) is 24.5. The number of aliphatic carboxylic acids is 1. The maximum absolute atomic E-state index is 13.5. The van der Waals surface area contributed by atoms with Crippen molar-refractivity contribution in [3.05, 3.63) is 107 Å². The van der Waals surface area contributed by atoms with Crippen LogP contribution >= 0.6 is 11.3 Å². The van der Waals surface area contributed by atoms with Crippen LogP contribution in [0.2, 0.25) is 0 Å². The van der Waals surface area contributed by atoms with Gasteiger partial charge in [-0.3, -0.25) is 9.59 Å². The molecule has 4 aromatic rings. The van der Waals surface area contributed by atoms with Crippen molar-refractivity contribution in [1.29, 1.82) is 0 Å². The van der Waals surface area contributed by atoms with Crippen molar-refractivity contribution in [3.63, 3.8) is 0 Å². The summed E-state index contributed by atoms with van der Waals surface area (Å²) in [4.78, 5) is 43.5. The van der Waals surface area contributed by atoms with Crippen molar-refractivity contribution in [3.8, 4) is 16.3 Å². The van der Waals surface area contributed by atoms with Gasteiger partial charge in [0.1, 0.15) is 10.8 Å². The Bertz CT molecular complexity index is 1520. The van der Waals surface area contributed by atoms with Crippen molar-refractivity contribution in [1.82, 2.24) is 15.2 Å². The Labute approximate surface area is 275 Å². The number of carbonyl (C=O) groups excluding carboxylic acids is 2. The molecule has 1 heterocycles. The van der Waals surface area contributed by atoms with Crippen molar-refractivity contribution < 1.29 is 24.2 Å². The number of rotatable bonds is 19. The van der Waals surface area contributed by atoms with Crippen molar-refractivity contribution in [2.45, 2.75) is 71.4 Å². The second-order valence-electron chi connectivity index (χ2n) is 11.3.